The van der Waals surface area contributed by atoms with Crippen LogP contribution in [0, 0.1) is 0 Å². The molecule has 0 spiro atoms. The molecular weight excluding hydrogens is 325 g/mol. The fourth-order valence-electron chi connectivity index (χ4n) is 0.973. The Balaban J connectivity index is 2.85. The van der Waals surface area contributed by atoms with Gasteiger partial charge in [0.1, 0.15) is 0 Å². The highest BCUT2D eigenvalue weighted by molar-refractivity contribution is 8.26. The first kappa shape index (κ1) is 19.1. The average Bonchev–Trinajstić information content (AvgIpc) is 2.35. The minimum absolute atomic E-state index is 1.27. The maximum Gasteiger partial charge on any atom is 0.0408 e. The van der Waals surface area contributed by atoms with Gasteiger partial charge in [-0.05, 0) is 48.4 Å². The summed E-state index contributed by atoms with van der Waals surface area (Å²) in [5.74, 6) is 5.31. The zero-order valence-corrected chi connectivity index (χ0v) is 15.7. The predicted molar refractivity (Wildman–Crippen MR) is 101 cm³/mol. The number of thioether (sulfide) groups is 6. The van der Waals surface area contributed by atoms with Gasteiger partial charge in [-0.2, -0.15) is 47.0 Å². The van der Waals surface area contributed by atoms with E-state index < -0.39 is 0 Å². The zero-order chi connectivity index (χ0) is 12.6. The van der Waals surface area contributed by atoms with Crippen molar-refractivity contribution in [3.8, 4) is 0 Å². The van der Waals surface area contributed by atoms with E-state index in [0.717, 1.165) is 0 Å². The van der Waals surface area contributed by atoms with E-state index in [1.807, 2.05) is 23.5 Å². The summed E-state index contributed by atoms with van der Waals surface area (Å²) in [5, 5.41) is 3.82. The first-order chi connectivity index (χ1) is 8.41. The minimum atomic E-state index is 1.27. The molecule has 6 heteroatoms. The molecule has 0 aliphatic rings. The Bertz CT molecular complexity index is 119. The topological polar surface area (TPSA) is 0 Å². The molecule has 0 nitrogen and oxygen atoms in total. The van der Waals surface area contributed by atoms with Crippen molar-refractivity contribution >= 4 is 70.6 Å². The van der Waals surface area contributed by atoms with Crippen LogP contribution >= 0.6 is 70.6 Å². The van der Waals surface area contributed by atoms with Gasteiger partial charge in [0, 0.05) is 15.3 Å². The van der Waals surface area contributed by atoms with E-state index in [4.69, 9.17) is 0 Å². The quantitative estimate of drug-likeness (QED) is 0.306. The molecule has 0 unspecified atom stereocenters. The maximum atomic E-state index is 2.19. The van der Waals surface area contributed by atoms with Crippen LogP contribution in [0.2, 0.25) is 0 Å². The predicted octanol–water partition coefficient (Wildman–Crippen LogP) is 5.30. The lowest BCUT2D eigenvalue weighted by molar-refractivity contribution is 1.13. The van der Waals surface area contributed by atoms with Gasteiger partial charge < -0.3 is 0 Å². The third-order valence-electron chi connectivity index (χ3n) is 1.77. The molecule has 0 aliphatic carbocycles. The van der Waals surface area contributed by atoms with Gasteiger partial charge in [0.25, 0.3) is 0 Å². The van der Waals surface area contributed by atoms with Crippen molar-refractivity contribution in [3.63, 3.8) is 0 Å². The smallest absolute Gasteiger partial charge is 0.0408 e. The lowest BCUT2D eigenvalue weighted by Crippen LogP contribution is -1.85. The summed E-state index contributed by atoms with van der Waals surface area (Å²) < 4.78 is 0. The molecule has 0 amide bonds. The fraction of sp³-hybridized carbons (Fsp3) is 1.00. The van der Waals surface area contributed by atoms with Crippen molar-refractivity contribution in [2.75, 3.05) is 50.8 Å². The van der Waals surface area contributed by atoms with E-state index in [0.29, 0.717) is 0 Å². The molecule has 0 rings (SSSR count). The molecule has 0 N–H and O–H groups in total. The molecular formula is C11H24S6. The second-order valence-electron chi connectivity index (χ2n) is 3.27. The standard InChI is InChI=1S/C11H24S6/c1-12-5-3-7-14-9-16-11-17-10-15-8-4-6-13-2/h3-11H2,1-2H3. The molecule has 0 saturated carbocycles. The van der Waals surface area contributed by atoms with Crippen LogP contribution in [0.3, 0.4) is 0 Å². The minimum Gasteiger partial charge on any atom is -0.165 e. The first-order valence-corrected chi connectivity index (χ1v) is 13.1. The van der Waals surface area contributed by atoms with Crippen LogP contribution in [0.15, 0.2) is 0 Å². The van der Waals surface area contributed by atoms with Crippen molar-refractivity contribution in [1.29, 1.82) is 0 Å². The van der Waals surface area contributed by atoms with E-state index in [2.05, 4.69) is 59.6 Å². The Kier molecular flexibility index (Phi) is 20.3. The number of hydrogen-bond donors (Lipinski definition) is 0. The number of rotatable bonds is 14. The fourth-order valence-corrected chi connectivity index (χ4v) is 7.03. The van der Waals surface area contributed by atoms with E-state index in [9.17, 15) is 0 Å². The van der Waals surface area contributed by atoms with Crippen LogP contribution in [0.4, 0.5) is 0 Å². The van der Waals surface area contributed by atoms with Gasteiger partial charge in [-0.15, -0.1) is 23.5 Å². The second kappa shape index (κ2) is 18.1. The van der Waals surface area contributed by atoms with Gasteiger partial charge in [0.15, 0.2) is 0 Å². The molecule has 0 fully saturated rings. The van der Waals surface area contributed by atoms with Gasteiger partial charge >= 0.3 is 0 Å². The summed E-state index contributed by atoms with van der Waals surface area (Å²) in [5.41, 5.74) is 0. The molecule has 17 heavy (non-hydrogen) atoms. The largest absolute Gasteiger partial charge is 0.165 e. The van der Waals surface area contributed by atoms with Gasteiger partial charge in [-0.25, -0.2) is 0 Å². The monoisotopic (exact) mass is 348 g/mol. The third-order valence-corrected chi connectivity index (χ3v) is 8.32. The van der Waals surface area contributed by atoms with E-state index >= 15 is 0 Å². The van der Waals surface area contributed by atoms with Crippen molar-refractivity contribution in [2.24, 2.45) is 0 Å². The van der Waals surface area contributed by atoms with Crippen LogP contribution in [-0.2, 0) is 0 Å². The number of hydrogen-bond acceptors (Lipinski definition) is 6. The van der Waals surface area contributed by atoms with Gasteiger partial charge in [-0.1, -0.05) is 0 Å². The van der Waals surface area contributed by atoms with Crippen molar-refractivity contribution < 1.29 is 0 Å². The van der Waals surface area contributed by atoms with E-state index in [-0.39, 0.29) is 0 Å². The SMILES string of the molecule is CSCCCSCSCSCSCCCSC. The summed E-state index contributed by atoms with van der Waals surface area (Å²) in [4.78, 5) is 0. The van der Waals surface area contributed by atoms with Gasteiger partial charge in [0.2, 0.25) is 0 Å². The summed E-state index contributed by atoms with van der Waals surface area (Å²) in [6, 6.07) is 0. The average molecular weight is 349 g/mol. The molecule has 0 radical (unpaired) electrons. The Morgan fingerprint density at radius 1 is 0.529 bits per heavy atom. The Labute approximate surface area is 133 Å². The maximum absolute atomic E-state index is 2.19. The summed E-state index contributed by atoms with van der Waals surface area (Å²) in [6.07, 6.45) is 7.11. The Hall–Kier alpha value is 2.10. The highest BCUT2D eigenvalue weighted by Gasteiger charge is 1.93. The highest BCUT2D eigenvalue weighted by Crippen LogP contribution is 2.21. The second-order valence-corrected chi connectivity index (χ2v) is 10.5. The summed E-state index contributed by atoms with van der Waals surface area (Å²) >= 11 is 12.3. The van der Waals surface area contributed by atoms with Crippen LogP contribution in [-0.4, -0.2) is 50.8 Å². The van der Waals surface area contributed by atoms with Crippen molar-refractivity contribution in [3.05, 3.63) is 0 Å². The van der Waals surface area contributed by atoms with Crippen LogP contribution < -0.4 is 0 Å². The molecule has 0 bridgehead atoms. The zero-order valence-electron chi connectivity index (χ0n) is 10.8. The summed E-state index contributed by atoms with van der Waals surface area (Å²) in [6.45, 7) is 0. The van der Waals surface area contributed by atoms with Gasteiger partial charge in [0.05, 0.1) is 0 Å². The van der Waals surface area contributed by atoms with Crippen molar-refractivity contribution in [1.82, 2.24) is 0 Å². The Morgan fingerprint density at radius 2 is 0.941 bits per heavy atom. The Morgan fingerprint density at radius 3 is 1.35 bits per heavy atom. The van der Waals surface area contributed by atoms with Gasteiger partial charge in [-0.3, -0.25) is 0 Å². The van der Waals surface area contributed by atoms with E-state index in [1.165, 1.54) is 51.1 Å². The first-order valence-electron chi connectivity index (χ1n) is 5.70. The summed E-state index contributed by atoms with van der Waals surface area (Å²) in [7, 11) is 0. The highest BCUT2D eigenvalue weighted by atomic mass is 32.2. The van der Waals surface area contributed by atoms with Crippen LogP contribution in [0.1, 0.15) is 12.8 Å². The molecule has 0 aromatic heterocycles. The molecule has 0 atom stereocenters. The molecule has 0 saturated heterocycles. The van der Waals surface area contributed by atoms with E-state index in [1.54, 1.807) is 0 Å². The normalized spacial score (nSPS) is 10.9. The lowest BCUT2D eigenvalue weighted by atomic mass is 10.6. The molecule has 0 aromatic carbocycles. The molecule has 104 valence electrons. The molecule has 0 heterocycles. The van der Waals surface area contributed by atoms with Crippen LogP contribution in [0.25, 0.3) is 0 Å². The van der Waals surface area contributed by atoms with Crippen molar-refractivity contribution in [2.45, 2.75) is 12.8 Å². The van der Waals surface area contributed by atoms with Crippen LogP contribution in [0.5, 0.6) is 0 Å². The third kappa shape index (κ3) is 18.1. The molecule has 0 aliphatic heterocycles. The lowest BCUT2D eigenvalue weighted by Gasteiger charge is -2.02. The molecule has 0 aromatic rings.